The highest BCUT2D eigenvalue weighted by Gasteiger charge is 2.24. The molecular formula is C14H23BrN2. The molecule has 0 aromatic carbocycles. The van der Waals surface area contributed by atoms with Crippen LogP contribution in [0.1, 0.15) is 39.8 Å². The lowest BCUT2D eigenvalue weighted by molar-refractivity contribution is 0.265. The standard InChI is InChI=1S/C14H23BrN2/c1-5-8-16-13(14(2,3)4)9-12-7-6-11(15)10-17-12/h6-7,10,13,16H,5,8-9H2,1-4H3. The number of aromatic nitrogens is 1. The van der Waals surface area contributed by atoms with Gasteiger partial charge in [-0.15, -0.1) is 0 Å². The van der Waals surface area contributed by atoms with Gasteiger partial charge in [0, 0.05) is 28.8 Å². The Morgan fingerprint density at radius 2 is 2.06 bits per heavy atom. The van der Waals surface area contributed by atoms with E-state index in [1.165, 1.54) is 6.42 Å². The minimum Gasteiger partial charge on any atom is -0.313 e. The Labute approximate surface area is 113 Å². The predicted molar refractivity (Wildman–Crippen MR) is 77.2 cm³/mol. The van der Waals surface area contributed by atoms with Crippen molar-refractivity contribution in [3.8, 4) is 0 Å². The first-order valence-electron chi connectivity index (χ1n) is 6.27. The van der Waals surface area contributed by atoms with Crippen LogP contribution < -0.4 is 5.32 Å². The lowest BCUT2D eigenvalue weighted by Crippen LogP contribution is -2.42. The van der Waals surface area contributed by atoms with Crippen LogP contribution in [0.2, 0.25) is 0 Å². The molecule has 2 nitrogen and oxygen atoms in total. The van der Waals surface area contributed by atoms with Gasteiger partial charge in [-0.2, -0.15) is 0 Å². The number of hydrogen-bond acceptors (Lipinski definition) is 2. The summed E-state index contributed by atoms with van der Waals surface area (Å²) >= 11 is 3.41. The maximum absolute atomic E-state index is 4.45. The van der Waals surface area contributed by atoms with Crippen molar-refractivity contribution in [2.24, 2.45) is 5.41 Å². The van der Waals surface area contributed by atoms with E-state index in [1.54, 1.807) is 0 Å². The normalized spacial score (nSPS) is 13.7. The summed E-state index contributed by atoms with van der Waals surface area (Å²) in [5.41, 5.74) is 1.40. The summed E-state index contributed by atoms with van der Waals surface area (Å²) in [5, 5.41) is 3.62. The van der Waals surface area contributed by atoms with Crippen LogP contribution in [0.4, 0.5) is 0 Å². The Morgan fingerprint density at radius 1 is 1.35 bits per heavy atom. The quantitative estimate of drug-likeness (QED) is 0.894. The Bertz CT molecular complexity index is 327. The Kier molecular flexibility index (Phi) is 5.60. The van der Waals surface area contributed by atoms with Crippen LogP contribution in [0, 0.1) is 5.41 Å². The van der Waals surface area contributed by atoms with Crippen LogP contribution in [0.25, 0.3) is 0 Å². The van der Waals surface area contributed by atoms with Crippen LogP contribution in [0.5, 0.6) is 0 Å². The van der Waals surface area contributed by atoms with Gasteiger partial charge in [0.1, 0.15) is 0 Å². The van der Waals surface area contributed by atoms with Crippen molar-refractivity contribution in [2.45, 2.75) is 46.6 Å². The molecule has 0 aliphatic heterocycles. The minimum absolute atomic E-state index is 0.254. The smallest absolute Gasteiger partial charge is 0.0420 e. The number of nitrogens with one attached hydrogen (secondary N) is 1. The van der Waals surface area contributed by atoms with E-state index >= 15 is 0 Å². The van der Waals surface area contributed by atoms with Gasteiger partial charge < -0.3 is 5.32 Å². The summed E-state index contributed by atoms with van der Waals surface area (Å²) < 4.78 is 1.04. The summed E-state index contributed by atoms with van der Waals surface area (Å²) in [5.74, 6) is 0. The average Bonchev–Trinajstić information content (AvgIpc) is 2.25. The zero-order valence-electron chi connectivity index (χ0n) is 11.3. The van der Waals surface area contributed by atoms with Crippen LogP contribution in [0.3, 0.4) is 0 Å². The number of nitrogens with zero attached hydrogens (tertiary/aromatic N) is 1. The first-order valence-corrected chi connectivity index (χ1v) is 7.06. The molecule has 0 spiro atoms. The summed E-state index contributed by atoms with van der Waals surface area (Å²) in [6.07, 6.45) is 4.02. The Morgan fingerprint density at radius 3 is 2.53 bits per heavy atom. The third-order valence-corrected chi connectivity index (χ3v) is 3.36. The highest BCUT2D eigenvalue weighted by Crippen LogP contribution is 2.22. The average molecular weight is 299 g/mol. The second-order valence-corrected chi connectivity index (χ2v) is 6.46. The molecule has 1 N–H and O–H groups in total. The molecule has 96 valence electrons. The molecule has 1 heterocycles. The van der Waals surface area contributed by atoms with E-state index < -0.39 is 0 Å². The van der Waals surface area contributed by atoms with Crippen LogP contribution >= 0.6 is 15.9 Å². The van der Waals surface area contributed by atoms with Gasteiger partial charge in [0.2, 0.25) is 0 Å². The number of hydrogen-bond donors (Lipinski definition) is 1. The second kappa shape index (κ2) is 6.50. The van der Waals surface area contributed by atoms with Gasteiger partial charge >= 0.3 is 0 Å². The summed E-state index contributed by atoms with van der Waals surface area (Å²) in [7, 11) is 0. The molecule has 0 radical (unpaired) electrons. The van der Waals surface area contributed by atoms with Crippen molar-refractivity contribution >= 4 is 15.9 Å². The minimum atomic E-state index is 0.254. The highest BCUT2D eigenvalue weighted by atomic mass is 79.9. The molecule has 3 heteroatoms. The van der Waals surface area contributed by atoms with Crippen LogP contribution in [0.15, 0.2) is 22.8 Å². The Balaban J connectivity index is 2.68. The fraction of sp³-hybridized carbons (Fsp3) is 0.643. The van der Waals surface area contributed by atoms with Gasteiger partial charge in [-0.1, -0.05) is 27.7 Å². The van der Waals surface area contributed by atoms with Crippen molar-refractivity contribution in [2.75, 3.05) is 6.54 Å². The van der Waals surface area contributed by atoms with Crippen LogP contribution in [-0.4, -0.2) is 17.6 Å². The fourth-order valence-corrected chi connectivity index (χ4v) is 1.97. The van der Waals surface area contributed by atoms with E-state index in [1.807, 2.05) is 6.20 Å². The molecule has 0 aliphatic rings. The first-order chi connectivity index (χ1) is 7.93. The molecule has 1 aromatic rings. The van der Waals surface area contributed by atoms with E-state index in [2.05, 4.69) is 66.1 Å². The van der Waals surface area contributed by atoms with E-state index in [-0.39, 0.29) is 5.41 Å². The van der Waals surface area contributed by atoms with Crippen molar-refractivity contribution < 1.29 is 0 Å². The maximum Gasteiger partial charge on any atom is 0.0420 e. The van der Waals surface area contributed by atoms with Crippen molar-refractivity contribution in [3.05, 3.63) is 28.5 Å². The van der Waals surface area contributed by atoms with Gasteiger partial charge in [0.25, 0.3) is 0 Å². The SMILES string of the molecule is CCCNC(Cc1ccc(Br)cn1)C(C)(C)C. The third-order valence-electron chi connectivity index (χ3n) is 2.89. The molecule has 0 saturated carbocycles. The molecule has 0 aliphatic carbocycles. The van der Waals surface area contributed by atoms with Crippen molar-refractivity contribution in [3.63, 3.8) is 0 Å². The van der Waals surface area contributed by atoms with Crippen molar-refractivity contribution in [1.82, 2.24) is 10.3 Å². The zero-order chi connectivity index (χ0) is 12.9. The largest absolute Gasteiger partial charge is 0.313 e. The van der Waals surface area contributed by atoms with E-state index in [0.717, 1.165) is 23.1 Å². The molecule has 0 fully saturated rings. The monoisotopic (exact) mass is 298 g/mol. The van der Waals surface area contributed by atoms with Crippen LogP contribution in [-0.2, 0) is 6.42 Å². The number of rotatable bonds is 5. The first kappa shape index (κ1) is 14.7. The predicted octanol–water partition coefficient (Wildman–Crippen LogP) is 3.80. The van der Waals surface area contributed by atoms with Gasteiger partial charge in [0.05, 0.1) is 0 Å². The van der Waals surface area contributed by atoms with Crippen molar-refractivity contribution in [1.29, 1.82) is 0 Å². The lowest BCUT2D eigenvalue weighted by atomic mass is 9.84. The maximum atomic E-state index is 4.45. The second-order valence-electron chi connectivity index (χ2n) is 5.54. The molecule has 0 bridgehead atoms. The van der Waals surface area contributed by atoms with E-state index in [4.69, 9.17) is 0 Å². The molecule has 17 heavy (non-hydrogen) atoms. The van der Waals surface area contributed by atoms with Gasteiger partial charge in [-0.05, 0) is 46.4 Å². The molecule has 1 aromatic heterocycles. The molecule has 0 saturated heterocycles. The molecular weight excluding hydrogens is 276 g/mol. The van der Waals surface area contributed by atoms with E-state index in [0.29, 0.717) is 6.04 Å². The summed E-state index contributed by atoms with van der Waals surface area (Å²) in [6.45, 7) is 10.1. The zero-order valence-corrected chi connectivity index (χ0v) is 12.8. The van der Waals surface area contributed by atoms with Gasteiger partial charge in [0.15, 0.2) is 0 Å². The topological polar surface area (TPSA) is 24.9 Å². The molecule has 1 unspecified atom stereocenters. The molecule has 1 atom stereocenters. The molecule has 0 amide bonds. The third kappa shape index (κ3) is 5.17. The Hall–Kier alpha value is -0.410. The lowest BCUT2D eigenvalue weighted by Gasteiger charge is -2.31. The summed E-state index contributed by atoms with van der Waals surface area (Å²) in [4.78, 5) is 4.45. The number of halogens is 1. The van der Waals surface area contributed by atoms with Gasteiger partial charge in [-0.25, -0.2) is 0 Å². The molecule has 1 rings (SSSR count). The highest BCUT2D eigenvalue weighted by molar-refractivity contribution is 9.10. The number of pyridine rings is 1. The van der Waals surface area contributed by atoms with E-state index in [9.17, 15) is 0 Å². The van der Waals surface area contributed by atoms with Gasteiger partial charge in [-0.3, -0.25) is 4.98 Å². The summed E-state index contributed by atoms with van der Waals surface area (Å²) in [6, 6.07) is 4.62. The fourth-order valence-electron chi connectivity index (χ4n) is 1.74.